The minimum absolute atomic E-state index is 0. The minimum atomic E-state index is -1.13. The number of β-amino-alcohol motifs (C(OH)–C–C–N with tert-alkyl or cyclic N) is 1. The second-order valence-electron chi connectivity index (χ2n) is 23.9. The Morgan fingerprint density at radius 2 is 1.05 bits per heavy atom. The first-order valence-corrected chi connectivity index (χ1v) is 29.1. The zero-order valence-corrected chi connectivity index (χ0v) is 57.0. The van der Waals surface area contributed by atoms with Gasteiger partial charge in [0.05, 0.1) is 60.9 Å². The second-order valence-corrected chi connectivity index (χ2v) is 26.0. The van der Waals surface area contributed by atoms with Gasteiger partial charge in [0.2, 0.25) is 0 Å². The maximum absolute atomic E-state index is 12.9. The number of nitrogens with zero attached hydrogens (tertiary/aromatic N) is 6. The topological polar surface area (TPSA) is 256 Å². The van der Waals surface area contributed by atoms with Crippen LogP contribution in [0.1, 0.15) is 138 Å². The number of thiazole rings is 2. The van der Waals surface area contributed by atoms with E-state index in [9.17, 15) is 34.5 Å². The predicted octanol–water partition coefficient (Wildman–Crippen LogP) is 9.17. The number of carbonyl (C=O) groups excluding carboxylic acids is 2. The quantitative estimate of drug-likeness (QED) is 0.108. The molecule has 6 heterocycles. The molecule has 3 N–H and O–H groups in total. The van der Waals surface area contributed by atoms with Crippen LogP contribution >= 0.6 is 34.3 Å². The van der Waals surface area contributed by atoms with Crippen molar-refractivity contribution in [2.45, 2.75) is 171 Å². The molecular formula is C60H80ClKN6O13S2. The van der Waals surface area contributed by atoms with Crippen molar-refractivity contribution in [2.24, 2.45) is 11.8 Å². The number of methoxy groups -OCH3 is 2. The summed E-state index contributed by atoms with van der Waals surface area (Å²) in [4.78, 5) is 69.4. The van der Waals surface area contributed by atoms with Crippen LogP contribution in [0.4, 0.5) is 9.59 Å². The van der Waals surface area contributed by atoms with E-state index in [-0.39, 0.29) is 70.4 Å². The van der Waals surface area contributed by atoms with Gasteiger partial charge in [0, 0.05) is 50.6 Å². The van der Waals surface area contributed by atoms with Gasteiger partial charge < -0.3 is 44.1 Å². The van der Waals surface area contributed by atoms with Crippen LogP contribution < -0.4 is 70.7 Å². The molecule has 0 saturated carbocycles. The number of likely N-dealkylation sites (tertiary alicyclic amines) is 2. The van der Waals surface area contributed by atoms with E-state index in [2.05, 4.69) is 38.1 Å². The number of aliphatic hydroxyl groups is 1. The number of carboxylic acid groups (broad SMARTS) is 2. The van der Waals surface area contributed by atoms with Crippen molar-refractivity contribution in [3.63, 3.8) is 0 Å². The first-order chi connectivity index (χ1) is 37.9. The number of rotatable bonds is 10. The fourth-order valence-electron chi connectivity index (χ4n) is 8.82. The van der Waals surface area contributed by atoms with Gasteiger partial charge in [0.15, 0.2) is 0 Å². The Balaban J connectivity index is 0.000000278. The Hall–Kier alpha value is -4.75. The molecule has 6 aromatic rings. The second kappa shape index (κ2) is 29.1. The summed E-state index contributed by atoms with van der Waals surface area (Å²) in [7, 11) is 3.28. The van der Waals surface area contributed by atoms with Gasteiger partial charge in [0.25, 0.3) is 0 Å². The van der Waals surface area contributed by atoms with E-state index in [4.69, 9.17) is 55.3 Å². The molecule has 83 heavy (non-hydrogen) atoms. The number of benzene rings is 2. The molecule has 23 heteroatoms. The number of aliphatic hydroxyl groups excluding tert-OH is 1. The van der Waals surface area contributed by atoms with Gasteiger partial charge >= 0.3 is 75.5 Å². The van der Waals surface area contributed by atoms with E-state index in [1.165, 1.54) is 16.2 Å². The van der Waals surface area contributed by atoms with Crippen LogP contribution in [0.15, 0.2) is 47.2 Å². The molecule has 2 aliphatic rings. The average Bonchev–Trinajstić information content (AvgIpc) is 4.37. The molecule has 4 aromatic heterocycles. The Kier molecular flexibility index (Phi) is 24.8. The number of pyridine rings is 2. The van der Waals surface area contributed by atoms with Crippen LogP contribution in [0.3, 0.4) is 0 Å². The van der Waals surface area contributed by atoms with Gasteiger partial charge in [-0.05, 0) is 97.6 Å². The van der Waals surface area contributed by atoms with E-state index in [1.807, 2.05) is 55.6 Å². The van der Waals surface area contributed by atoms with Gasteiger partial charge in [-0.3, -0.25) is 9.80 Å². The molecule has 2 fully saturated rings. The van der Waals surface area contributed by atoms with E-state index >= 15 is 0 Å². The first-order valence-electron chi connectivity index (χ1n) is 27.0. The Bertz CT molecular complexity index is 3240. The molecule has 0 radical (unpaired) electrons. The largest absolute Gasteiger partial charge is 1.00 e. The zero-order chi connectivity index (χ0) is 61.7. The van der Waals surface area contributed by atoms with E-state index in [1.54, 1.807) is 102 Å². The standard InChI is InChI=1S/C28H35N3O6S.C17H17ClN2OS.C11H19NO5.C4H9O.K/c1-14(2)19-13-38-25(30-19)18-11-21(17-9-10-20(35-8)15(3)23(17)29-18)36-22-12-31(24(16(22)4)26(32)33)27(34)37-28(5,6)7;1-9(2)14-8-22-17(20-14)13-7-12(18)11-5-6-15(21-4)10(3)16(11)19-13;1-6-7(13)5-12(8(6)9(14)15)10(16)17-11(2,3)4;1-4(2,3)5;/h9-11,13-14,16,22,24H,12H2,1-8H3,(H,32,33);5-9H,1-4H3;6-8,13H,5H2,1-4H3,(H,14,15);1-3H3;/q;;;-1;+1/t16-,22-,24-;;6-,7-,8-;;/m0.0../s1. The third-order valence-electron chi connectivity index (χ3n) is 13.0. The van der Waals surface area contributed by atoms with Crippen LogP contribution in [-0.4, -0.2) is 138 Å². The first kappa shape index (κ1) is 70.7. The van der Waals surface area contributed by atoms with E-state index in [0.29, 0.717) is 33.7 Å². The summed E-state index contributed by atoms with van der Waals surface area (Å²) in [5.41, 5.74) is 4.77. The number of hydrogen-bond donors (Lipinski definition) is 3. The molecule has 2 saturated heterocycles. The van der Waals surface area contributed by atoms with E-state index in [0.717, 1.165) is 65.2 Å². The molecule has 0 bridgehead atoms. The van der Waals surface area contributed by atoms with Crippen LogP contribution in [0.2, 0.25) is 5.02 Å². The van der Waals surface area contributed by atoms with Gasteiger partial charge in [-0.15, -0.1) is 28.3 Å². The third kappa shape index (κ3) is 18.6. The summed E-state index contributed by atoms with van der Waals surface area (Å²) >= 11 is 9.56. The normalized spacial score (nSPS) is 18.7. The molecule has 6 atom stereocenters. The molecule has 2 aromatic carbocycles. The number of aromatic nitrogens is 4. The number of aliphatic carboxylic acids is 2. The Morgan fingerprint density at radius 1 is 0.651 bits per heavy atom. The van der Waals surface area contributed by atoms with Crippen molar-refractivity contribution in [3.8, 4) is 38.7 Å². The molecule has 0 spiro atoms. The molecule has 2 amide bonds. The summed E-state index contributed by atoms with van der Waals surface area (Å²) in [6.07, 6.45) is -2.78. The monoisotopic (exact) mass is 1230 g/mol. The molecule has 448 valence electrons. The average molecular weight is 1230 g/mol. The number of aryl methyl sites for hydroxylation is 2. The van der Waals surface area contributed by atoms with Crippen molar-refractivity contribution in [1.82, 2.24) is 29.7 Å². The van der Waals surface area contributed by atoms with Crippen LogP contribution in [0, 0.1) is 25.7 Å². The summed E-state index contributed by atoms with van der Waals surface area (Å²) in [5, 5.41) is 46.9. The van der Waals surface area contributed by atoms with Crippen LogP contribution in [0.5, 0.6) is 17.2 Å². The maximum Gasteiger partial charge on any atom is 1.00 e. The van der Waals surface area contributed by atoms with Crippen LogP contribution in [-0.2, 0) is 19.1 Å². The number of halogens is 1. The summed E-state index contributed by atoms with van der Waals surface area (Å²) in [6.45, 7) is 31.1. The smallest absolute Gasteiger partial charge is 0.850 e. The number of carbonyl (C=O) groups is 4. The van der Waals surface area contributed by atoms with Gasteiger partial charge in [-0.25, -0.2) is 39.1 Å². The van der Waals surface area contributed by atoms with Gasteiger partial charge in [-0.1, -0.05) is 73.9 Å². The SMILES string of the molecule is CC(C)(C)[O-].COc1ccc2c(Cl)cc(-c3nc(C(C)C)cs3)nc2c1C.COc1ccc2c(O[C@H]3CN(C(=O)OC(C)(C)C)[C@H](C(=O)O)[C@H]3C)cc(-c3nc(C(C)C)cs3)nc2c1C.C[C@@H]1[C@@H](C(=O)O)N(C(=O)OC(C)(C)C)C[C@@H]1O.[K+]. The number of amides is 2. The van der Waals surface area contributed by atoms with Crippen molar-refractivity contribution < 1.29 is 115 Å². The number of fused-ring (bicyclic) bond motifs is 2. The molecule has 8 rings (SSSR count). The molecule has 2 aliphatic heterocycles. The van der Waals surface area contributed by atoms with Gasteiger partial charge in [0.1, 0.15) is 68.0 Å². The van der Waals surface area contributed by atoms with E-state index < -0.39 is 77.1 Å². The Labute approximate surface area is 542 Å². The van der Waals surface area contributed by atoms with Crippen molar-refractivity contribution in [1.29, 1.82) is 0 Å². The fraction of sp³-hybridized carbons (Fsp3) is 0.533. The fourth-order valence-corrected chi connectivity index (χ4v) is 11.0. The number of ether oxygens (including phenoxy) is 5. The van der Waals surface area contributed by atoms with Crippen molar-refractivity contribution in [2.75, 3.05) is 27.3 Å². The minimum Gasteiger partial charge on any atom is -0.850 e. The molecule has 0 aliphatic carbocycles. The van der Waals surface area contributed by atoms with Crippen molar-refractivity contribution >= 4 is 80.2 Å². The molecule has 19 nitrogen and oxygen atoms in total. The zero-order valence-electron chi connectivity index (χ0n) is 51.5. The maximum atomic E-state index is 12.9. The summed E-state index contributed by atoms with van der Waals surface area (Å²) in [6, 6.07) is 9.24. The summed E-state index contributed by atoms with van der Waals surface area (Å²) < 4.78 is 28.0. The molecular weight excluding hydrogens is 1150 g/mol. The van der Waals surface area contributed by atoms with Crippen LogP contribution in [0.25, 0.3) is 43.2 Å². The predicted molar refractivity (Wildman–Crippen MR) is 319 cm³/mol. The Morgan fingerprint density at radius 3 is 1.45 bits per heavy atom. The number of carboxylic acids is 2. The third-order valence-corrected chi connectivity index (χ3v) is 15.1. The number of hydrogen-bond acceptors (Lipinski definition) is 17. The molecule has 0 unspecified atom stereocenters. The van der Waals surface area contributed by atoms with Gasteiger partial charge in [-0.2, -0.15) is 0 Å². The van der Waals surface area contributed by atoms with Crippen molar-refractivity contribution in [3.05, 3.63) is 74.7 Å². The summed E-state index contributed by atoms with van der Waals surface area (Å²) in [5.74, 6) is -0.463.